The minimum Gasteiger partial charge on any atom is -0.399 e. The quantitative estimate of drug-likeness (QED) is 0.686. The molecule has 1 aliphatic heterocycles. The van der Waals surface area contributed by atoms with Crippen molar-refractivity contribution in [2.45, 2.75) is 12.6 Å². The van der Waals surface area contributed by atoms with E-state index in [0.29, 0.717) is 17.9 Å². The normalized spacial score (nSPS) is 21.6. The SMILES string of the molecule is Nc1ccc(N2CC[C@@H](F)C2=O)cc1. The Balaban J connectivity index is 2.24. The van der Waals surface area contributed by atoms with Gasteiger partial charge in [-0.3, -0.25) is 4.79 Å². The molecule has 0 aliphatic carbocycles. The number of hydrogen-bond donors (Lipinski definition) is 1. The van der Waals surface area contributed by atoms with Crippen molar-refractivity contribution in [3.63, 3.8) is 0 Å². The molecular weight excluding hydrogens is 183 g/mol. The van der Waals surface area contributed by atoms with Crippen LogP contribution in [0.5, 0.6) is 0 Å². The van der Waals surface area contributed by atoms with Gasteiger partial charge in [-0.25, -0.2) is 4.39 Å². The lowest BCUT2D eigenvalue weighted by atomic mass is 10.2. The van der Waals surface area contributed by atoms with Crippen LogP contribution in [-0.2, 0) is 4.79 Å². The van der Waals surface area contributed by atoms with Gasteiger partial charge in [0, 0.05) is 24.3 Å². The second kappa shape index (κ2) is 3.29. The number of anilines is 2. The summed E-state index contributed by atoms with van der Waals surface area (Å²) in [5.41, 5.74) is 6.86. The molecule has 1 atom stereocenters. The standard InChI is InChI=1S/C10H11FN2O/c11-9-5-6-13(10(9)14)8-3-1-7(12)2-4-8/h1-4,9H,5-6,12H2/t9-/m1/s1. The third kappa shape index (κ3) is 1.43. The number of carbonyl (C=O) groups is 1. The van der Waals surface area contributed by atoms with E-state index in [2.05, 4.69) is 0 Å². The van der Waals surface area contributed by atoms with Gasteiger partial charge in [-0.15, -0.1) is 0 Å². The minimum absolute atomic E-state index is 0.281. The molecule has 0 bridgehead atoms. The zero-order chi connectivity index (χ0) is 10.1. The monoisotopic (exact) mass is 194 g/mol. The van der Waals surface area contributed by atoms with Crippen LogP contribution in [0.1, 0.15) is 6.42 Å². The number of benzene rings is 1. The predicted octanol–water partition coefficient (Wildman–Crippen LogP) is 1.34. The number of rotatable bonds is 1. The minimum atomic E-state index is -1.34. The summed E-state index contributed by atoms with van der Waals surface area (Å²) in [5.74, 6) is -0.449. The Morgan fingerprint density at radius 3 is 2.50 bits per heavy atom. The van der Waals surface area contributed by atoms with Crippen molar-refractivity contribution < 1.29 is 9.18 Å². The summed E-state index contributed by atoms with van der Waals surface area (Å²) in [5, 5.41) is 0. The summed E-state index contributed by atoms with van der Waals surface area (Å²) < 4.78 is 12.9. The number of nitrogen functional groups attached to an aromatic ring is 1. The van der Waals surface area contributed by atoms with Crippen molar-refractivity contribution in [2.75, 3.05) is 17.2 Å². The number of nitrogens with two attached hydrogens (primary N) is 1. The van der Waals surface area contributed by atoms with Gasteiger partial charge in [0.2, 0.25) is 0 Å². The van der Waals surface area contributed by atoms with Crippen LogP contribution in [0.15, 0.2) is 24.3 Å². The molecule has 1 fully saturated rings. The molecule has 3 nitrogen and oxygen atoms in total. The molecule has 2 N–H and O–H groups in total. The van der Waals surface area contributed by atoms with Gasteiger partial charge in [-0.05, 0) is 24.3 Å². The first-order valence-corrected chi connectivity index (χ1v) is 4.49. The summed E-state index contributed by atoms with van der Waals surface area (Å²) in [6, 6.07) is 6.86. The first-order chi connectivity index (χ1) is 6.68. The van der Waals surface area contributed by atoms with Gasteiger partial charge in [-0.2, -0.15) is 0 Å². The fourth-order valence-corrected chi connectivity index (χ4v) is 1.56. The average molecular weight is 194 g/mol. The Morgan fingerprint density at radius 1 is 1.36 bits per heavy atom. The van der Waals surface area contributed by atoms with Crippen LogP contribution < -0.4 is 10.6 Å². The maximum Gasteiger partial charge on any atom is 0.261 e. The van der Waals surface area contributed by atoms with E-state index in [1.165, 1.54) is 4.90 Å². The molecule has 1 amide bonds. The summed E-state index contributed by atoms with van der Waals surface area (Å²) in [6.07, 6.45) is -1.06. The molecule has 0 spiro atoms. The summed E-state index contributed by atoms with van der Waals surface area (Å²) in [4.78, 5) is 12.8. The lowest BCUT2D eigenvalue weighted by Crippen LogP contribution is -2.27. The van der Waals surface area contributed by atoms with Gasteiger partial charge in [0.15, 0.2) is 6.17 Å². The number of alkyl halides is 1. The maximum atomic E-state index is 12.9. The Labute approximate surface area is 81.3 Å². The first kappa shape index (κ1) is 8.99. The maximum absolute atomic E-state index is 12.9. The van der Waals surface area contributed by atoms with E-state index >= 15 is 0 Å². The predicted molar refractivity (Wildman–Crippen MR) is 52.7 cm³/mol. The third-order valence-corrected chi connectivity index (χ3v) is 2.34. The molecule has 1 saturated heterocycles. The van der Waals surface area contributed by atoms with Gasteiger partial charge in [0.1, 0.15) is 0 Å². The summed E-state index contributed by atoms with van der Waals surface area (Å²) >= 11 is 0. The average Bonchev–Trinajstić information content (AvgIpc) is 2.50. The number of amides is 1. The number of nitrogens with zero attached hydrogens (tertiary/aromatic N) is 1. The van der Waals surface area contributed by atoms with Crippen molar-refractivity contribution in [3.05, 3.63) is 24.3 Å². The molecule has 1 aromatic rings. The number of carbonyl (C=O) groups excluding carboxylic acids is 1. The zero-order valence-corrected chi connectivity index (χ0v) is 7.61. The van der Waals surface area contributed by atoms with Crippen LogP contribution in [0.2, 0.25) is 0 Å². The first-order valence-electron chi connectivity index (χ1n) is 4.49. The molecule has 1 aromatic carbocycles. The highest BCUT2D eigenvalue weighted by molar-refractivity contribution is 5.98. The Bertz CT molecular complexity index is 350. The van der Waals surface area contributed by atoms with E-state index in [-0.39, 0.29) is 6.42 Å². The second-order valence-corrected chi connectivity index (χ2v) is 3.34. The molecule has 1 heterocycles. The Hall–Kier alpha value is -1.58. The molecule has 74 valence electrons. The highest BCUT2D eigenvalue weighted by Crippen LogP contribution is 2.23. The van der Waals surface area contributed by atoms with E-state index in [0.717, 1.165) is 0 Å². The molecule has 0 radical (unpaired) electrons. The molecule has 4 heteroatoms. The fraction of sp³-hybridized carbons (Fsp3) is 0.300. The molecule has 2 rings (SSSR count). The summed E-state index contributed by atoms with van der Waals surface area (Å²) in [6.45, 7) is 0.448. The number of halogens is 1. The molecular formula is C10H11FN2O. The van der Waals surface area contributed by atoms with Crippen molar-refractivity contribution in [1.82, 2.24) is 0 Å². The van der Waals surface area contributed by atoms with Crippen LogP contribution in [0, 0.1) is 0 Å². The van der Waals surface area contributed by atoms with Gasteiger partial charge in [0.05, 0.1) is 0 Å². The lowest BCUT2D eigenvalue weighted by Gasteiger charge is -2.15. The highest BCUT2D eigenvalue weighted by Gasteiger charge is 2.32. The molecule has 0 aromatic heterocycles. The van der Waals surface area contributed by atoms with Crippen molar-refractivity contribution in [1.29, 1.82) is 0 Å². The van der Waals surface area contributed by atoms with E-state index in [4.69, 9.17) is 5.73 Å². The van der Waals surface area contributed by atoms with Crippen molar-refractivity contribution >= 4 is 17.3 Å². The van der Waals surface area contributed by atoms with Crippen LogP contribution in [0.25, 0.3) is 0 Å². The van der Waals surface area contributed by atoms with Crippen LogP contribution in [0.3, 0.4) is 0 Å². The molecule has 0 unspecified atom stereocenters. The van der Waals surface area contributed by atoms with E-state index in [9.17, 15) is 9.18 Å². The molecule has 0 saturated carbocycles. The van der Waals surface area contributed by atoms with Gasteiger partial charge < -0.3 is 10.6 Å². The topological polar surface area (TPSA) is 46.3 Å². The fourth-order valence-electron chi connectivity index (χ4n) is 1.56. The van der Waals surface area contributed by atoms with Crippen LogP contribution in [-0.4, -0.2) is 18.6 Å². The Kier molecular flexibility index (Phi) is 2.11. The van der Waals surface area contributed by atoms with Gasteiger partial charge in [0.25, 0.3) is 5.91 Å². The van der Waals surface area contributed by atoms with Gasteiger partial charge >= 0.3 is 0 Å². The third-order valence-electron chi connectivity index (χ3n) is 2.34. The van der Waals surface area contributed by atoms with E-state index in [1.807, 2.05) is 0 Å². The van der Waals surface area contributed by atoms with Crippen molar-refractivity contribution in [3.8, 4) is 0 Å². The number of hydrogen-bond acceptors (Lipinski definition) is 2. The Morgan fingerprint density at radius 2 is 2.00 bits per heavy atom. The van der Waals surface area contributed by atoms with E-state index in [1.54, 1.807) is 24.3 Å². The molecule has 14 heavy (non-hydrogen) atoms. The van der Waals surface area contributed by atoms with E-state index < -0.39 is 12.1 Å². The zero-order valence-electron chi connectivity index (χ0n) is 7.61. The highest BCUT2D eigenvalue weighted by atomic mass is 19.1. The molecule has 1 aliphatic rings. The summed E-state index contributed by atoms with van der Waals surface area (Å²) in [7, 11) is 0. The van der Waals surface area contributed by atoms with Crippen molar-refractivity contribution in [2.24, 2.45) is 0 Å². The second-order valence-electron chi connectivity index (χ2n) is 3.34. The van der Waals surface area contributed by atoms with Gasteiger partial charge in [-0.1, -0.05) is 0 Å². The smallest absolute Gasteiger partial charge is 0.261 e. The van der Waals surface area contributed by atoms with Crippen LogP contribution >= 0.6 is 0 Å². The van der Waals surface area contributed by atoms with Crippen LogP contribution in [0.4, 0.5) is 15.8 Å². The lowest BCUT2D eigenvalue weighted by molar-refractivity contribution is -0.121. The largest absolute Gasteiger partial charge is 0.399 e.